The van der Waals surface area contributed by atoms with Crippen molar-refractivity contribution in [2.45, 2.75) is 39.2 Å². The van der Waals surface area contributed by atoms with Gasteiger partial charge in [-0.3, -0.25) is 0 Å². The molecule has 0 radical (unpaired) electrons. The predicted octanol–water partition coefficient (Wildman–Crippen LogP) is 4.16. The van der Waals surface area contributed by atoms with Gasteiger partial charge in [-0.15, -0.1) is 11.3 Å². The van der Waals surface area contributed by atoms with Crippen LogP contribution in [-0.2, 0) is 0 Å². The molecule has 3 heteroatoms. The third-order valence-electron chi connectivity index (χ3n) is 2.92. The molecule has 0 saturated heterocycles. The molecule has 0 amide bonds. The minimum absolute atomic E-state index is 0.510. The van der Waals surface area contributed by atoms with E-state index < -0.39 is 0 Å². The first-order valence-corrected chi connectivity index (χ1v) is 6.96. The minimum atomic E-state index is 0.510. The molecular weight excluding hydrogens is 226 g/mol. The van der Waals surface area contributed by atoms with Gasteiger partial charge >= 0.3 is 0 Å². The van der Waals surface area contributed by atoms with Crippen LogP contribution in [0.5, 0.6) is 0 Å². The Morgan fingerprint density at radius 3 is 2.80 bits per heavy atom. The van der Waals surface area contributed by atoms with Crippen molar-refractivity contribution in [1.29, 1.82) is 0 Å². The molecule has 0 bridgehead atoms. The average Bonchev–Trinajstić information content (AvgIpc) is 3.00. The summed E-state index contributed by atoms with van der Waals surface area (Å²) in [4.78, 5) is 1.35. The molecule has 2 rings (SSSR count). The van der Waals surface area contributed by atoms with E-state index in [-0.39, 0.29) is 0 Å². The summed E-state index contributed by atoms with van der Waals surface area (Å²) in [5.41, 5.74) is 1.22. The maximum Gasteiger partial charge on any atom is 0.0590 e. The number of hydrogen-bond donors (Lipinski definition) is 1. The van der Waals surface area contributed by atoms with Gasteiger partial charge in [0.25, 0.3) is 0 Å². The summed E-state index contributed by atoms with van der Waals surface area (Å²) >= 11 is 8.13. The van der Waals surface area contributed by atoms with Crippen LogP contribution in [0, 0.1) is 12.8 Å². The van der Waals surface area contributed by atoms with Crippen molar-refractivity contribution in [1.82, 2.24) is 5.32 Å². The lowest BCUT2D eigenvalue weighted by atomic mass is 10.1. The molecular formula is C12H18ClNS. The summed E-state index contributed by atoms with van der Waals surface area (Å²) in [6, 6.07) is 0.510. The van der Waals surface area contributed by atoms with E-state index in [1.807, 2.05) is 11.3 Å². The molecule has 1 aliphatic carbocycles. The van der Waals surface area contributed by atoms with Crippen LogP contribution in [0.4, 0.5) is 0 Å². The summed E-state index contributed by atoms with van der Waals surface area (Å²) in [6.07, 6.45) is 3.90. The molecule has 0 spiro atoms. The quantitative estimate of drug-likeness (QED) is 0.819. The molecule has 1 N–H and O–H groups in total. The van der Waals surface area contributed by atoms with Crippen LogP contribution in [0.25, 0.3) is 0 Å². The van der Waals surface area contributed by atoms with Gasteiger partial charge < -0.3 is 5.32 Å². The molecule has 84 valence electrons. The number of halogens is 1. The van der Waals surface area contributed by atoms with Gasteiger partial charge in [-0.05, 0) is 49.6 Å². The van der Waals surface area contributed by atoms with Gasteiger partial charge in [0, 0.05) is 10.9 Å². The molecule has 1 aromatic rings. The van der Waals surface area contributed by atoms with Crippen molar-refractivity contribution in [3.8, 4) is 0 Å². The zero-order chi connectivity index (χ0) is 10.8. The lowest BCUT2D eigenvalue weighted by molar-refractivity contribution is 0.488. The van der Waals surface area contributed by atoms with Crippen LogP contribution in [0.1, 0.15) is 42.7 Å². The topological polar surface area (TPSA) is 12.0 Å². The molecule has 1 aromatic heterocycles. The lowest BCUT2D eigenvalue weighted by Crippen LogP contribution is -2.23. The lowest BCUT2D eigenvalue weighted by Gasteiger charge is -2.17. The monoisotopic (exact) mass is 243 g/mol. The standard InChI is InChI=1S/C12H18ClNS/c1-3-6-14-11(9-4-5-9)12-10(13)8(2)7-15-12/h7,9,11,14H,3-6H2,1-2H3. The van der Waals surface area contributed by atoms with Gasteiger partial charge in [-0.25, -0.2) is 0 Å². The fourth-order valence-electron chi connectivity index (χ4n) is 1.86. The van der Waals surface area contributed by atoms with E-state index in [4.69, 9.17) is 11.6 Å². The minimum Gasteiger partial charge on any atom is -0.309 e. The van der Waals surface area contributed by atoms with Crippen LogP contribution < -0.4 is 5.32 Å². The Hall–Kier alpha value is -0.0500. The predicted molar refractivity (Wildman–Crippen MR) is 67.8 cm³/mol. The van der Waals surface area contributed by atoms with Crippen molar-refractivity contribution >= 4 is 22.9 Å². The van der Waals surface area contributed by atoms with Gasteiger partial charge in [0.1, 0.15) is 0 Å². The summed E-state index contributed by atoms with van der Waals surface area (Å²) < 4.78 is 0. The maximum atomic E-state index is 6.32. The Morgan fingerprint density at radius 2 is 2.33 bits per heavy atom. The highest BCUT2D eigenvalue weighted by Gasteiger charge is 2.34. The van der Waals surface area contributed by atoms with E-state index in [1.165, 1.54) is 29.7 Å². The summed E-state index contributed by atoms with van der Waals surface area (Å²) in [5.74, 6) is 0.826. The van der Waals surface area contributed by atoms with Crippen LogP contribution in [0.3, 0.4) is 0 Å². The number of aryl methyl sites for hydroxylation is 1. The van der Waals surface area contributed by atoms with E-state index in [0.29, 0.717) is 6.04 Å². The Morgan fingerprint density at radius 1 is 1.60 bits per heavy atom. The number of nitrogens with one attached hydrogen (secondary N) is 1. The Labute approximate surface area is 101 Å². The van der Waals surface area contributed by atoms with Crippen molar-refractivity contribution in [2.24, 2.45) is 5.92 Å². The van der Waals surface area contributed by atoms with Crippen LogP contribution in [-0.4, -0.2) is 6.54 Å². The zero-order valence-corrected chi connectivity index (χ0v) is 10.9. The van der Waals surface area contributed by atoms with Gasteiger partial charge in [-0.2, -0.15) is 0 Å². The number of hydrogen-bond acceptors (Lipinski definition) is 2. The van der Waals surface area contributed by atoms with Crippen molar-refractivity contribution in [2.75, 3.05) is 6.54 Å². The van der Waals surface area contributed by atoms with Crippen LogP contribution in [0.2, 0.25) is 5.02 Å². The van der Waals surface area contributed by atoms with Crippen molar-refractivity contribution in [3.63, 3.8) is 0 Å². The molecule has 1 nitrogen and oxygen atoms in total. The average molecular weight is 244 g/mol. The summed E-state index contributed by atoms with van der Waals surface area (Å²) in [6.45, 7) is 5.39. The van der Waals surface area contributed by atoms with Gasteiger partial charge in [-0.1, -0.05) is 18.5 Å². The molecule has 15 heavy (non-hydrogen) atoms. The van der Waals surface area contributed by atoms with Gasteiger partial charge in [0.2, 0.25) is 0 Å². The Bertz CT molecular complexity index is 330. The van der Waals surface area contributed by atoms with E-state index in [2.05, 4.69) is 24.5 Å². The first-order valence-electron chi connectivity index (χ1n) is 5.71. The smallest absolute Gasteiger partial charge is 0.0590 e. The maximum absolute atomic E-state index is 6.32. The summed E-state index contributed by atoms with van der Waals surface area (Å²) in [7, 11) is 0. The van der Waals surface area contributed by atoms with Crippen molar-refractivity contribution < 1.29 is 0 Å². The molecule has 1 atom stereocenters. The van der Waals surface area contributed by atoms with E-state index in [0.717, 1.165) is 17.5 Å². The number of thiophene rings is 1. The first-order chi connectivity index (χ1) is 7.24. The zero-order valence-electron chi connectivity index (χ0n) is 9.35. The second-order valence-corrected chi connectivity index (χ2v) is 5.66. The molecule has 1 fully saturated rings. The molecule has 1 heterocycles. The Kier molecular flexibility index (Phi) is 3.70. The van der Waals surface area contributed by atoms with E-state index in [1.54, 1.807) is 0 Å². The third-order valence-corrected chi connectivity index (χ3v) is 4.71. The fourth-order valence-corrected chi connectivity index (χ4v) is 3.34. The Balaban J connectivity index is 2.12. The van der Waals surface area contributed by atoms with Crippen LogP contribution in [0.15, 0.2) is 5.38 Å². The highest BCUT2D eigenvalue weighted by atomic mass is 35.5. The molecule has 0 aliphatic heterocycles. The van der Waals surface area contributed by atoms with Gasteiger partial charge in [0.05, 0.1) is 5.02 Å². The third kappa shape index (κ3) is 2.55. The molecule has 0 aromatic carbocycles. The SMILES string of the molecule is CCCNC(c1scc(C)c1Cl)C1CC1. The normalized spacial score (nSPS) is 18.1. The number of rotatable bonds is 5. The van der Waals surface area contributed by atoms with Crippen molar-refractivity contribution in [3.05, 3.63) is 20.8 Å². The highest BCUT2D eigenvalue weighted by Crippen LogP contribution is 2.45. The van der Waals surface area contributed by atoms with Gasteiger partial charge in [0.15, 0.2) is 0 Å². The fraction of sp³-hybridized carbons (Fsp3) is 0.667. The largest absolute Gasteiger partial charge is 0.309 e. The highest BCUT2D eigenvalue weighted by molar-refractivity contribution is 7.10. The van der Waals surface area contributed by atoms with Crippen LogP contribution >= 0.6 is 22.9 Å². The molecule has 1 unspecified atom stereocenters. The molecule has 1 aliphatic rings. The first kappa shape index (κ1) is 11.4. The summed E-state index contributed by atoms with van der Waals surface area (Å²) in [5, 5.41) is 6.78. The second-order valence-electron chi connectivity index (χ2n) is 4.37. The van der Waals surface area contributed by atoms with E-state index in [9.17, 15) is 0 Å². The van der Waals surface area contributed by atoms with E-state index >= 15 is 0 Å². The second kappa shape index (κ2) is 4.86. The molecule has 1 saturated carbocycles.